The lowest BCUT2D eigenvalue weighted by Gasteiger charge is -2.37. The van der Waals surface area contributed by atoms with Gasteiger partial charge in [-0.1, -0.05) is 91.0 Å². The van der Waals surface area contributed by atoms with Crippen LogP contribution in [0.3, 0.4) is 0 Å². The zero-order valence-electron chi connectivity index (χ0n) is 26.2. The Morgan fingerprint density at radius 1 is 0.532 bits per heavy atom. The van der Waals surface area contributed by atoms with Gasteiger partial charge in [0.15, 0.2) is 0 Å². The molecule has 5 aromatic rings. The fourth-order valence-electron chi connectivity index (χ4n) is 6.94. The molecule has 0 amide bonds. The third kappa shape index (κ3) is 5.86. The Kier molecular flexibility index (Phi) is 9.18. The molecule has 0 saturated heterocycles. The first-order valence-corrected chi connectivity index (χ1v) is 16.1. The Labute approximate surface area is 274 Å². The van der Waals surface area contributed by atoms with E-state index in [9.17, 15) is 0 Å². The largest absolute Gasteiger partial charge is 0.491 e. The van der Waals surface area contributed by atoms with Crippen molar-refractivity contribution in [2.24, 2.45) is 0 Å². The van der Waals surface area contributed by atoms with Gasteiger partial charge in [0.2, 0.25) is 0 Å². The second-order valence-electron chi connectivity index (χ2n) is 11.6. The molecule has 0 atom stereocenters. The molecule has 5 aromatic carbocycles. The fourth-order valence-corrected chi connectivity index (χ4v) is 6.94. The summed E-state index contributed by atoms with van der Waals surface area (Å²) in [7, 11) is 0. The van der Waals surface area contributed by atoms with Gasteiger partial charge in [-0.3, -0.25) is 0 Å². The van der Waals surface area contributed by atoms with Gasteiger partial charge in [0.25, 0.3) is 0 Å². The third-order valence-electron chi connectivity index (χ3n) is 8.91. The second-order valence-corrected chi connectivity index (χ2v) is 11.6. The van der Waals surface area contributed by atoms with E-state index < -0.39 is 5.41 Å². The number of allylic oxidation sites excluding steroid dienone is 4. The van der Waals surface area contributed by atoms with Crippen LogP contribution in [0.1, 0.15) is 11.1 Å². The molecule has 0 saturated carbocycles. The van der Waals surface area contributed by atoms with Crippen LogP contribution in [0.25, 0.3) is 33.2 Å². The van der Waals surface area contributed by atoms with Crippen LogP contribution in [0.5, 0.6) is 11.5 Å². The summed E-state index contributed by atoms with van der Waals surface area (Å²) < 4.78 is 22.7. The van der Waals surface area contributed by atoms with Crippen molar-refractivity contribution in [1.82, 2.24) is 0 Å². The zero-order chi connectivity index (χ0) is 32.1. The van der Waals surface area contributed by atoms with Crippen LogP contribution in [0.2, 0.25) is 0 Å². The smallest absolute Gasteiger partial charge is 0.119 e. The van der Waals surface area contributed by atoms with Crippen molar-refractivity contribution in [2.75, 3.05) is 52.9 Å². The van der Waals surface area contributed by atoms with E-state index in [4.69, 9.17) is 29.2 Å². The van der Waals surface area contributed by atoms with Gasteiger partial charge in [-0.05, 0) is 84.6 Å². The number of aliphatic hydroxyl groups is 2. The summed E-state index contributed by atoms with van der Waals surface area (Å²) in [6.45, 7) is 2.23. The number of fused-ring (bicyclic) bond motifs is 7. The van der Waals surface area contributed by atoms with Crippen LogP contribution < -0.4 is 19.9 Å². The highest BCUT2D eigenvalue weighted by Gasteiger charge is 2.41. The van der Waals surface area contributed by atoms with E-state index in [0.29, 0.717) is 39.6 Å². The summed E-state index contributed by atoms with van der Waals surface area (Å²) in [5.74, 6) is 1.53. The molecule has 2 aliphatic carbocycles. The molecule has 47 heavy (non-hydrogen) atoms. The van der Waals surface area contributed by atoms with Crippen LogP contribution in [-0.4, -0.2) is 63.1 Å². The highest BCUT2D eigenvalue weighted by molar-refractivity contribution is 6.12. The van der Waals surface area contributed by atoms with E-state index in [2.05, 4.69) is 97.1 Å². The normalized spacial score (nSPS) is 14.5. The van der Waals surface area contributed by atoms with Gasteiger partial charge in [0.1, 0.15) is 24.7 Å². The Morgan fingerprint density at radius 3 is 1.60 bits per heavy atom. The first kappa shape index (κ1) is 30.9. The summed E-state index contributed by atoms with van der Waals surface area (Å²) in [4.78, 5) is 0. The standard InChI is InChI=1S/C41H38O6/c42-20-22-44-24-26-46-32-15-11-30(12-16-32)41(31-13-17-33(18-14-31)47-27-25-45-23-21-43)19-5-6-29-28-38-36-9-2-1-7-34(36)35-8-3-4-10-37(35)39(38)40(29)41/h1-19,28,42-43H,20-27H2. The van der Waals surface area contributed by atoms with Crippen molar-refractivity contribution >= 4 is 33.2 Å². The minimum absolute atomic E-state index is 0.00263. The van der Waals surface area contributed by atoms with Gasteiger partial charge in [0.05, 0.1) is 45.1 Å². The Hall–Kier alpha value is -4.72. The maximum absolute atomic E-state index is 8.97. The fraction of sp³-hybridized carbons (Fsp3) is 0.220. The van der Waals surface area contributed by atoms with Crippen LogP contribution >= 0.6 is 0 Å². The first-order chi connectivity index (χ1) is 23.2. The van der Waals surface area contributed by atoms with Crippen molar-refractivity contribution in [3.63, 3.8) is 0 Å². The summed E-state index contributed by atoms with van der Waals surface area (Å²) in [6, 6.07) is 34.2. The zero-order valence-corrected chi connectivity index (χ0v) is 26.2. The lowest BCUT2D eigenvalue weighted by molar-refractivity contribution is 0.0705. The molecule has 0 aromatic heterocycles. The van der Waals surface area contributed by atoms with Crippen LogP contribution in [0.15, 0.2) is 121 Å². The monoisotopic (exact) mass is 626 g/mol. The van der Waals surface area contributed by atoms with E-state index in [1.54, 1.807) is 0 Å². The Bertz CT molecular complexity index is 2000. The number of benzene rings is 5. The predicted molar refractivity (Wildman–Crippen MR) is 186 cm³/mol. The lowest BCUT2D eigenvalue weighted by atomic mass is 9.65. The van der Waals surface area contributed by atoms with Crippen molar-refractivity contribution in [3.8, 4) is 11.5 Å². The molecular formula is C41H38O6. The average Bonchev–Trinajstić information content (AvgIpc) is 3.53. The molecule has 6 heteroatoms. The predicted octanol–water partition coefficient (Wildman–Crippen LogP) is 5.20. The van der Waals surface area contributed by atoms with Crippen molar-refractivity contribution in [1.29, 1.82) is 0 Å². The quantitative estimate of drug-likeness (QED) is 0.131. The van der Waals surface area contributed by atoms with Gasteiger partial charge < -0.3 is 29.2 Å². The van der Waals surface area contributed by atoms with Gasteiger partial charge in [-0.25, -0.2) is 0 Å². The van der Waals surface area contributed by atoms with Crippen LogP contribution in [0.4, 0.5) is 0 Å². The highest BCUT2D eigenvalue weighted by atomic mass is 16.5. The average molecular weight is 627 g/mol. The van der Waals surface area contributed by atoms with Gasteiger partial charge in [0, 0.05) is 0 Å². The molecule has 0 bridgehead atoms. The van der Waals surface area contributed by atoms with E-state index in [-0.39, 0.29) is 13.2 Å². The topological polar surface area (TPSA) is 77.4 Å². The maximum Gasteiger partial charge on any atom is 0.119 e. The number of ether oxygens (including phenoxy) is 4. The molecule has 6 nitrogen and oxygen atoms in total. The molecule has 7 rings (SSSR count). The van der Waals surface area contributed by atoms with E-state index in [1.165, 1.54) is 43.1 Å². The Balaban J connectivity index is 1.38. The maximum atomic E-state index is 8.97. The summed E-state index contributed by atoms with van der Waals surface area (Å²) in [6.07, 6.45) is 9.07. The van der Waals surface area contributed by atoms with E-state index in [0.717, 1.165) is 22.6 Å². The second kappa shape index (κ2) is 14.0. The molecule has 0 radical (unpaired) electrons. The first-order valence-electron chi connectivity index (χ1n) is 16.1. The van der Waals surface area contributed by atoms with Crippen LogP contribution in [-0.2, 0) is 14.9 Å². The molecule has 2 N–H and O–H groups in total. The van der Waals surface area contributed by atoms with E-state index in [1.807, 2.05) is 24.3 Å². The molecule has 2 aliphatic rings. The van der Waals surface area contributed by atoms with Crippen molar-refractivity contribution < 1.29 is 29.2 Å². The SMILES string of the molecule is OCCOCCOc1ccc(C2(c3ccc(OCCOCCO)cc3)C=CC=C3C=c4c(c5ccccc5c5ccccc45)=C32)cc1. The molecule has 0 aliphatic heterocycles. The van der Waals surface area contributed by atoms with Crippen molar-refractivity contribution in [2.45, 2.75) is 5.41 Å². The van der Waals surface area contributed by atoms with Crippen molar-refractivity contribution in [3.05, 3.63) is 142 Å². The number of aliphatic hydroxyl groups excluding tert-OH is 2. The number of rotatable bonds is 14. The van der Waals surface area contributed by atoms with E-state index >= 15 is 0 Å². The lowest BCUT2D eigenvalue weighted by Crippen LogP contribution is -2.35. The number of hydrogen-bond acceptors (Lipinski definition) is 6. The van der Waals surface area contributed by atoms with Gasteiger partial charge in [-0.2, -0.15) is 0 Å². The molecule has 238 valence electrons. The Morgan fingerprint density at radius 2 is 1.04 bits per heavy atom. The summed E-state index contributed by atoms with van der Waals surface area (Å²) >= 11 is 0. The summed E-state index contributed by atoms with van der Waals surface area (Å²) in [5.41, 5.74) is 4.12. The molecule has 0 unspecified atom stereocenters. The molecule has 0 heterocycles. The highest BCUT2D eigenvalue weighted by Crippen LogP contribution is 2.48. The molecule has 0 spiro atoms. The summed E-state index contributed by atoms with van der Waals surface area (Å²) in [5, 5.41) is 25.4. The minimum Gasteiger partial charge on any atom is -0.491 e. The molecular weight excluding hydrogens is 588 g/mol. The third-order valence-corrected chi connectivity index (χ3v) is 8.91. The number of hydrogen-bond donors (Lipinski definition) is 2. The molecule has 0 fully saturated rings. The minimum atomic E-state index is -0.595. The van der Waals surface area contributed by atoms with Gasteiger partial charge >= 0.3 is 0 Å². The van der Waals surface area contributed by atoms with Crippen LogP contribution in [0, 0.1) is 0 Å². The van der Waals surface area contributed by atoms with Gasteiger partial charge in [-0.15, -0.1) is 0 Å².